The average Bonchev–Trinajstić information content (AvgIpc) is 2.99. The van der Waals surface area contributed by atoms with E-state index in [9.17, 15) is 20.3 Å². The largest absolute Gasteiger partial charge is 0.870 e. The molecule has 1 aromatic rings. The van der Waals surface area contributed by atoms with E-state index in [1.807, 2.05) is 7.05 Å². The number of anilines is 1. The molecule has 3 aliphatic rings. The van der Waals surface area contributed by atoms with Crippen LogP contribution in [-0.2, 0) is 26.1 Å². The summed E-state index contributed by atoms with van der Waals surface area (Å²) < 4.78 is 16.4. The molecule has 1 heterocycles. The minimum Gasteiger partial charge on any atom is -0.870 e. The zero-order chi connectivity index (χ0) is 21.1. The van der Waals surface area contributed by atoms with Gasteiger partial charge >= 0.3 is 0 Å². The van der Waals surface area contributed by atoms with Gasteiger partial charge in [0.15, 0.2) is 5.76 Å². The van der Waals surface area contributed by atoms with E-state index in [1.165, 1.54) is 27.4 Å². The van der Waals surface area contributed by atoms with Crippen molar-refractivity contribution in [1.29, 1.82) is 0 Å². The summed E-state index contributed by atoms with van der Waals surface area (Å²) in [4.78, 5) is 15.2. The van der Waals surface area contributed by atoms with Crippen LogP contribution in [0.3, 0.4) is 0 Å². The molecule has 2 atom stereocenters. The van der Waals surface area contributed by atoms with Gasteiger partial charge in [0.25, 0.3) is 0 Å². The summed E-state index contributed by atoms with van der Waals surface area (Å²) in [6, 6.07) is 1.32. The maximum absolute atomic E-state index is 13.4. The Kier molecular flexibility index (Phi) is 4.45. The van der Waals surface area contributed by atoms with Gasteiger partial charge in [-0.15, -0.1) is 5.23 Å². The highest BCUT2D eigenvalue weighted by Gasteiger charge is 2.68. The molecule has 29 heavy (non-hydrogen) atoms. The fourth-order valence-corrected chi connectivity index (χ4v) is 5.91. The highest BCUT2D eigenvalue weighted by Crippen LogP contribution is 2.64. The van der Waals surface area contributed by atoms with Crippen molar-refractivity contribution in [2.24, 2.45) is 0 Å². The molecular formula is C20H25N2O7-. The first-order valence-electron chi connectivity index (χ1n) is 9.45. The number of ether oxygens (including phenoxy) is 3. The smallest absolute Gasteiger partial charge is 0.201 e. The SMILES string of the molecule is COC1=C(OC)C23CCc4c(N(O)O)cc(OC)c([O-])c4C2(CCN3C)CC1=O. The van der Waals surface area contributed by atoms with E-state index in [-0.39, 0.29) is 40.4 Å². The second-order valence-electron chi connectivity index (χ2n) is 7.85. The third-order valence-electron chi connectivity index (χ3n) is 7.00. The topological polar surface area (TPSA) is 115 Å². The number of nitrogens with zero attached hydrogens (tertiary/aromatic N) is 2. The van der Waals surface area contributed by atoms with Crippen LogP contribution in [0.25, 0.3) is 0 Å². The fraction of sp³-hybridized carbons (Fsp3) is 0.550. The second-order valence-corrected chi connectivity index (χ2v) is 7.85. The molecule has 0 radical (unpaired) electrons. The molecule has 9 nitrogen and oxygen atoms in total. The lowest BCUT2D eigenvalue weighted by molar-refractivity contribution is -0.272. The summed E-state index contributed by atoms with van der Waals surface area (Å²) in [5.41, 5.74) is -0.616. The molecule has 0 aromatic heterocycles. The highest BCUT2D eigenvalue weighted by molar-refractivity contribution is 5.98. The quantitative estimate of drug-likeness (QED) is 0.710. The number of ketones is 1. The number of Topliss-reactive ketones (excluding diaryl/α,β-unsaturated/α-hetero) is 1. The van der Waals surface area contributed by atoms with Crippen molar-refractivity contribution in [2.45, 2.75) is 36.6 Å². The zero-order valence-corrected chi connectivity index (χ0v) is 16.9. The first-order valence-corrected chi connectivity index (χ1v) is 9.45. The summed E-state index contributed by atoms with van der Waals surface area (Å²) in [7, 11) is 6.25. The molecule has 0 amide bonds. The van der Waals surface area contributed by atoms with Gasteiger partial charge in [0.2, 0.25) is 11.5 Å². The monoisotopic (exact) mass is 405 g/mol. The van der Waals surface area contributed by atoms with Gasteiger partial charge in [-0.3, -0.25) is 20.1 Å². The van der Waals surface area contributed by atoms with Crippen LogP contribution < -0.4 is 15.1 Å². The van der Waals surface area contributed by atoms with Crippen LogP contribution in [0.5, 0.6) is 11.5 Å². The molecule has 2 N–H and O–H groups in total. The van der Waals surface area contributed by atoms with Gasteiger partial charge in [0.1, 0.15) is 11.4 Å². The van der Waals surface area contributed by atoms with Gasteiger partial charge < -0.3 is 19.3 Å². The van der Waals surface area contributed by atoms with Gasteiger partial charge in [-0.05, 0) is 44.0 Å². The molecule has 1 saturated heterocycles. The lowest BCUT2D eigenvalue weighted by Gasteiger charge is -2.56. The van der Waals surface area contributed by atoms with Crippen LogP contribution >= 0.6 is 0 Å². The van der Waals surface area contributed by atoms with Crippen molar-refractivity contribution in [3.8, 4) is 11.5 Å². The molecule has 4 rings (SSSR count). The third kappa shape index (κ3) is 2.23. The first-order chi connectivity index (χ1) is 13.8. The summed E-state index contributed by atoms with van der Waals surface area (Å²) in [5, 5.41) is 33.1. The van der Waals surface area contributed by atoms with Crippen LogP contribution in [0.1, 0.15) is 30.4 Å². The molecule has 1 aromatic carbocycles. The van der Waals surface area contributed by atoms with Crippen molar-refractivity contribution in [3.63, 3.8) is 0 Å². The van der Waals surface area contributed by atoms with Crippen LogP contribution in [0.2, 0.25) is 0 Å². The molecule has 0 saturated carbocycles. The number of hydrogen-bond acceptors (Lipinski definition) is 9. The highest BCUT2D eigenvalue weighted by atomic mass is 16.8. The Hall–Kier alpha value is -2.49. The van der Waals surface area contributed by atoms with Crippen molar-refractivity contribution >= 4 is 11.5 Å². The molecule has 1 fully saturated rings. The molecule has 158 valence electrons. The molecule has 0 spiro atoms. The Morgan fingerprint density at radius 1 is 1.17 bits per heavy atom. The Bertz CT molecular complexity index is 913. The zero-order valence-electron chi connectivity index (χ0n) is 16.9. The van der Waals surface area contributed by atoms with E-state index in [4.69, 9.17) is 14.2 Å². The number of likely N-dealkylation sites (N-methyl/N-ethyl adjacent to an activating group) is 1. The normalized spacial score (nSPS) is 28.6. The van der Waals surface area contributed by atoms with Crippen LogP contribution in [0.15, 0.2) is 17.6 Å². The van der Waals surface area contributed by atoms with E-state index in [0.29, 0.717) is 42.7 Å². The molecule has 9 heteroatoms. The average molecular weight is 405 g/mol. The summed E-state index contributed by atoms with van der Waals surface area (Å²) in [5.74, 6) is 0.0326. The number of rotatable bonds is 4. The maximum atomic E-state index is 13.4. The van der Waals surface area contributed by atoms with Crippen molar-refractivity contribution < 1.29 is 34.5 Å². The maximum Gasteiger partial charge on any atom is 0.201 e. The molecule has 0 bridgehead atoms. The predicted octanol–water partition coefficient (Wildman–Crippen LogP) is 1.09. The van der Waals surface area contributed by atoms with E-state index in [0.717, 1.165) is 0 Å². The molecule has 1 aliphatic heterocycles. The van der Waals surface area contributed by atoms with Crippen LogP contribution in [-0.4, -0.2) is 61.6 Å². The van der Waals surface area contributed by atoms with E-state index in [2.05, 4.69) is 4.90 Å². The van der Waals surface area contributed by atoms with Gasteiger partial charge in [-0.1, -0.05) is 5.75 Å². The number of carbonyl (C=O) groups is 1. The van der Waals surface area contributed by atoms with E-state index >= 15 is 0 Å². The third-order valence-corrected chi connectivity index (χ3v) is 7.00. The number of likely N-dealkylation sites (tertiary alicyclic amines) is 1. The standard InChI is InChI=1S/C20H26N2O7/c1-21-8-7-19-10-13(23)17(28-3)18(29-4)20(19,21)6-5-11-12(22(25)26)9-14(27-2)16(24)15(11)19/h9,24-26H,5-8,10H2,1-4H3/p-1. The van der Waals surface area contributed by atoms with Crippen molar-refractivity contribution in [1.82, 2.24) is 4.90 Å². The van der Waals surface area contributed by atoms with Crippen molar-refractivity contribution in [2.75, 3.05) is 40.1 Å². The van der Waals surface area contributed by atoms with Gasteiger partial charge in [-0.2, -0.15) is 0 Å². The van der Waals surface area contributed by atoms with Crippen LogP contribution in [0, 0.1) is 0 Å². The summed E-state index contributed by atoms with van der Waals surface area (Å²) in [6.07, 6.45) is 1.54. The molecule has 2 unspecified atom stereocenters. The Morgan fingerprint density at radius 3 is 2.48 bits per heavy atom. The number of allylic oxidation sites excluding steroid dienone is 1. The van der Waals surface area contributed by atoms with E-state index in [1.54, 1.807) is 0 Å². The van der Waals surface area contributed by atoms with Crippen molar-refractivity contribution in [3.05, 3.63) is 28.7 Å². The first kappa shape index (κ1) is 19.8. The molecule has 2 aliphatic carbocycles. The van der Waals surface area contributed by atoms with Gasteiger partial charge in [0, 0.05) is 17.9 Å². The Labute approximate surface area is 168 Å². The Morgan fingerprint density at radius 2 is 1.90 bits per heavy atom. The van der Waals surface area contributed by atoms with E-state index < -0.39 is 11.0 Å². The lowest BCUT2D eigenvalue weighted by Crippen LogP contribution is -2.62. The van der Waals surface area contributed by atoms with Gasteiger partial charge in [-0.25, -0.2) is 0 Å². The minimum atomic E-state index is -0.879. The lowest BCUT2D eigenvalue weighted by atomic mass is 9.53. The predicted molar refractivity (Wildman–Crippen MR) is 99.1 cm³/mol. The summed E-state index contributed by atoms with van der Waals surface area (Å²) in [6.45, 7) is 0.643. The summed E-state index contributed by atoms with van der Waals surface area (Å²) >= 11 is 0. The second kappa shape index (κ2) is 6.51. The molecular weight excluding hydrogens is 380 g/mol. The minimum absolute atomic E-state index is 0.000452. The van der Waals surface area contributed by atoms with Gasteiger partial charge in [0.05, 0.1) is 26.9 Å². The Balaban J connectivity index is 2.11. The number of fused-ring (bicyclic) bond motifs is 1. The fourth-order valence-electron chi connectivity index (χ4n) is 5.91. The number of benzene rings is 1. The number of hydrogen-bond donors (Lipinski definition) is 2. The number of carbonyl (C=O) groups excluding carboxylic acids is 1. The van der Waals surface area contributed by atoms with Crippen LogP contribution in [0.4, 0.5) is 5.69 Å². The number of methoxy groups -OCH3 is 3.